The maximum Gasteiger partial charge on any atom is 0.261 e. The molecule has 34 heavy (non-hydrogen) atoms. The first-order valence-corrected chi connectivity index (χ1v) is 10.6. The number of aromatic nitrogens is 1. The van der Waals surface area contributed by atoms with E-state index >= 15 is 0 Å². The van der Waals surface area contributed by atoms with Crippen molar-refractivity contribution in [1.29, 1.82) is 0 Å². The molecule has 1 amide bonds. The van der Waals surface area contributed by atoms with Gasteiger partial charge in [-0.25, -0.2) is 0 Å². The van der Waals surface area contributed by atoms with Crippen molar-refractivity contribution in [2.24, 2.45) is 0 Å². The number of nitrogens with one attached hydrogen (secondary N) is 1. The van der Waals surface area contributed by atoms with Gasteiger partial charge in [-0.2, -0.15) is 0 Å². The molecular weight excluding hydrogens is 432 g/mol. The fraction of sp³-hybridized carbons (Fsp3) is 0.148. The fourth-order valence-corrected chi connectivity index (χ4v) is 3.93. The number of pyridine rings is 1. The lowest BCUT2D eigenvalue weighted by Gasteiger charge is -2.14. The van der Waals surface area contributed by atoms with E-state index in [4.69, 9.17) is 14.2 Å². The number of hydrogen-bond acceptors (Lipinski definition) is 6. The van der Waals surface area contributed by atoms with Crippen molar-refractivity contribution in [3.05, 3.63) is 101 Å². The predicted molar refractivity (Wildman–Crippen MR) is 130 cm³/mol. The number of hydrogen-bond donors (Lipinski definition) is 1. The van der Waals surface area contributed by atoms with Gasteiger partial charge in [0.15, 0.2) is 11.5 Å². The van der Waals surface area contributed by atoms with E-state index in [1.807, 2.05) is 31.2 Å². The van der Waals surface area contributed by atoms with Crippen molar-refractivity contribution < 1.29 is 23.8 Å². The summed E-state index contributed by atoms with van der Waals surface area (Å²) in [7, 11) is 4.50. The topological polar surface area (TPSA) is 86.8 Å². The summed E-state index contributed by atoms with van der Waals surface area (Å²) >= 11 is 0. The lowest BCUT2D eigenvalue weighted by molar-refractivity contribution is -0.118. The van der Waals surface area contributed by atoms with Gasteiger partial charge in [0.1, 0.15) is 5.75 Å². The Hall–Kier alpha value is -4.39. The number of benzene rings is 1. The molecule has 0 radical (unpaired) electrons. The first kappa shape index (κ1) is 22.8. The fourth-order valence-electron chi connectivity index (χ4n) is 3.93. The van der Waals surface area contributed by atoms with Gasteiger partial charge < -0.3 is 19.5 Å². The van der Waals surface area contributed by atoms with E-state index in [1.165, 1.54) is 14.2 Å². The summed E-state index contributed by atoms with van der Waals surface area (Å²) in [6.07, 6.45) is 10.1. The molecule has 0 atom stereocenters. The van der Waals surface area contributed by atoms with Crippen LogP contribution in [0.25, 0.3) is 11.1 Å². The molecule has 0 unspecified atom stereocenters. The second-order valence-corrected chi connectivity index (χ2v) is 7.64. The number of ether oxygens (including phenoxy) is 3. The average molecular weight is 456 g/mol. The largest absolute Gasteiger partial charge is 0.497 e. The highest BCUT2D eigenvalue weighted by Crippen LogP contribution is 2.44. The summed E-state index contributed by atoms with van der Waals surface area (Å²) in [6, 6.07) is 9.27. The highest BCUT2D eigenvalue weighted by Gasteiger charge is 2.26. The van der Waals surface area contributed by atoms with Crippen molar-refractivity contribution in [3.63, 3.8) is 0 Å². The second kappa shape index (κ2) is 9.62. The highest BCUT2D eigenvalue weighted by molar-refractivity contribution is 6.12. The van der Waals surface area contributed by atoms with Gasteiger partial charge in [0.05, 0.1) is 33.2 Å². The number of methoxy groups -OCH3 is 3. The Balaban J connectivity index is 1.80. The molecule has 1 aromatic carbocycles. The standard InChI is InChI=1S/C27H24N2O5/c1-16-21(10-17-11-24(33-3)27(31)25(12-17)34-4)20-8-7-19(32-2)13-23(20)22(16)14-26(30)29-18-6-5-9-28-15-18/h5-15H,1-4H3,(H,29,30). The van der Waals surface area contributed by atoms with E-state index in [9.17, 15) is 9.59 Å². The minimum absolute atomic E-state index is 0.198. The number of Topliss-reactive ketones (excluding diaryl/α,β-unsaturated/α-hetero) is 1. The van der Waals surface area contributed by atoms with Crippen molar-refractivity contribution in [2.45, 2.75) is 6.92 Å². The molecule has 4 rings (SSSR count). The molecule has 172 valence electrons. The summed E-state index contributed by atoms with van der Waals surface area (Å²) in [5.41, 5.74) is 5.78. The highest BCUT2D eigenvalue weighted by atomic mass is 16.5. The van der Waals surface area contributed by atoms with Crippen LogP contribution in [0.3, 0.4) is 0 Å². The zero-order valence-corrected chi connectivity index (χ0v) is 19.3. The zero-order valence-electron chi connectivity index (χ0n) is 19.3. The normalized spacial score (nSPS) is 16.1. The average Bonchev–Trinajstić information content (AvgIpc) is 3.10. The summed E-state index contributed by atoms with van der Waals surface area (Å²) < 4.78 is 15.9. The van der Waals surface area contributed by atoms with Crippen molar-refractivity contribution in [1.82, 2.24) is 4.98 Å². The van der Waals surface area contributed by atoms with Crippen LogP contribution in [0, 0.1) is 0 Å². The first-order chi connectivity index (χ1) is 16.4. The van der Waals surface area contributed by atoms with Gasteiger partial charge in [0.25, 0.3) is 5.78 Å². The van der Waals surface area contributed by atoms with Gasteiger partial charge in [-0.15, -0.1) is 0 Å². The molecule has 0 spiro atoms. The summed E-state index contributed by atoms with van der Waals surface area (Å²) in [4.78, 5) is 29.2. The van der Waals surface area contributed by atoms with Crippen LogP contribution < -0.4 is 10.1 Å². The summed E-state index contributed by atoms with van der Waals surface area (Å²) in [5, 5.41) is 2.84. The number of nitrogens with zero attached hydrogens (tertiary/aromatic N) is 1. The lowest BCUT2D eigenvalue weighted by Crippen LogP contribution is -2.13. The number of fused-ring (bicyclic) bond motifs is 1. The maximum absolute atomic E-state index is 12.8. The Labute approximate surface area is 197 Å². The van der Waals surface area contributed by atoms with E-state index in [1.54, 1.807) is 49.9 Å². The van der Waals surface area contributed by atoms with Crippen LogP contribution in [0.1, 0.15) is 18.1 Å². The number of carbonyl (C=O) groups is 2. The van der Waals surface area contributed by atoms with Gasteiger partial charge in [-0.05, 0) is 82.8 Å². The molecule has 2 aromatic rings. The Bertz CT molecular complexity index is 1290. The SMILES string of the molecule is COC1=CC(=CC2=C(C)C(=CC(=O)Nc3cccnc3)c3cc(OC)ccc32)C=C(OC)C1=O. The molecule has 7 nitrogen and oxygen atoms in total. The van der Waals surface area contributed by atoms with Crippen LogP contribution >= 0.6 is 0 Å². The van der Waals surface area contributed by atoms with Crippen molar-refractivity contribution in [2.75, 3.05) is 26.6 Å². The number of anilines is 1. The van der Waals surface area contributed by atoms with Crippen LogP contribution in [-0.4, -0.2) is 38.0 Å². The minimum atomic E-state index is -0.308. The Morgan fingerprint density at radius 3 is 2.35 bits per heavy atom. The van der Waals surface area contributed by atoms with E-state index in [0.717, 1.165) is 33.4 Å². The van der Waals surface area contributed by atoms with Crippen LogP contribution in [-0.2, 0) is 19.1 Å². The molecule has 0 saturated carbocycles. The molecule has 0 fully saturated rings. The van der Waals surface area contributed by atoms with Crippen LogP contribution in [0.5, 0.6) is 5.75 Å². The van der Waals surface area contributed by atoms with E-state index in [0.29, 0.717) is 11.4 Å². The van der Waals surface area contributed by atoms with Crippen molar-refractivity contribution in [3.8, 4) is 5.75 Å². The minimum Gasteiger partial charge on any atom is -0.497 e. The van der Waals surface area contributed by atoms with Crippen LogP contribution in [0.4, 0.5) is 5.69 Å². The van der Waals surface area contributed by atoms with E-state index in [-0.39, 0.29) is 23.2 Å². The molecule has 2 aliphatic carbocycles. The molecule has 7 heteroatoms. The summed E-state index contributed by atoms with van der Waals surface area (Å²) in [5.74, 6) is 0.505. The number of amides is 1. The maximum atomic E-state index is 12.8. The molecule has 2 aliphatic rings. The van der Waals surface area contributed by atoms with E-state index in [2.05, 4.69) is 10.3 Å². The van der Waals surface area contributed by atoms with E-state index < -0.39 is 0 Å². The third-order valence-corrected chi connectivity index (χ3v) is 5.61. The van der Waals surface area contributed by atoms with Crippen molar-refractivity contribution >= 4 is 28.5 Å². The lowest BCUT2D eigenvalue weighted by atomic mass is 9.99. The zero-order chi connectivity index (χ0) is 24.2. The molecule has 0 aliphatic heterocycles. The molecular formula is C27H24N2O5. The van der Waals surface area contributed by atoms with Gasteiger partial charge in [0.2, 0.25) is 5.91 Å². The monoisotopic (exact) mass is 456 g/mol. The molecule has 0 bridgehead atoms. The summed E-state index contributed by atoms with van der Waals surface area (Å²) in [6.45, 7) is 1.96. The second-order valence-electron chi connectivity index (χ2n) is 7.64. The number of carbonyl (C=O) groups excluding carboxylic acids is 2. The number of ketones is 1. The first-order valence-electron chi connectivity index (χ1n) is 10.6. The van der Waals surface area contributed by atoms with Crippen LogP contribution in [0.2, 0.25) is 0 Å². The van der Waals surface area contributed by atoms with Crippen LogP contribution in [0.15, 0.2) is 89.7 Å². The van der Waals surface area contributed by atoms with Gasteiger partial charge in [-0.1, -0.05) is 6.07 Å². The number of allylic oxidation sites excluding steroid dienone is 7. The number of rotatable bonds is 6. The quantitative estimate of drug-likeness (QED) is 0.646. The van der Waals surface area contributed by atoms with Gasteiger partial charge in [-0.3, -0.25) is 14.6 Å². The molecule has 1 aromatic heterocycles. The third kappa shape index (κ3) is 4.41. The molecule has 1 N–H and O–H groups in total. The Morgan fingerprint density at radius 1 is 1.00 bits per heavy atom. The molecule has 1 heterocycles. The Morgan fingerprint density at radius 2 is 1.74 bits per heavy atom. The molecule has 0 saturated heterocycles. The van der Waals surface area contributed by atoms with Gasteiger partial charge >= 0.3 is 0 Å². The third-order valence-electron chi connectivity index (χ3n) is 5.61. The van der Waals surface area contributed by atoms with Gasteiger partial charge in [0, 0.05) is 12.3 Å². The smallest absolute Gasteiger partial charge is 0.261 e. The predicted octanol–water partition coefficient (Wildman–Crippen LogP) is 4.47. The Kier molecular flexibility index (Phi) is 6.45.